The molecule has 1 fully saturated rings. The first-order valence-corrected chi connectivity index (χ1v) is 9.52. The van der Waals surface area contributed by atoms with Gasteiger partial charge in [0.1, 0.15) is 0 Å². The number of benzene rings is 1. The van der Waals surface area contributed by atoms with E-state index in [1.54, 1.807) is 11.3 Å². The van der Waals surface area contributed by atoms with E-state index in [2.05, 4.69) is 27.0 Å². The molecule has 2 atom stereocenters. The van der Waals surface area contributed by atoms with Crippen molar-refractivity contribution >= 4 is 28.7 Å². The maximum absolute atomic E-state index is 12.4. The molecule has 8 heteroatoms. The number of nitro groups is 1. The summed E-state index contributed by atoms with van der Waals surface area (Å²) in [5, 5.41) is 18.5. The number of hydrogen-bond acceptors (Lipinski definition) is 5. The molecule has 0 unspecified atom stereocenters. The largest absolute Gasteiger partial charge is 0.333 e. The summed E-state index contributed by atoms with van der Waals surface area (Å²) >= 11 is 1.70. The molecule has 1 saturated heterocycles. The van der Waals surface area contributed by atoms with Crippen molar-refractivity contribution in [2.24, 2.45) is 0 Å². The van der Waals surface area contributed by atoms with E-state index in [1.165, 1.54) is 42.0 Å². The first-order valence-electron chi connectivity index (χ1n) is 8.64. The summed E-state index contributed by atoms with van der Waals surface area (Å²) in [6.45, 7) is 4.09. The molecule has 1 aliphatic rings. The Labute approximate surface area is 156 Å². The highest BCUT2D eigenvalue weighted by atomic mass is 32.1. The first kappa shape index (κ1) is 18.3. The Morgan fingerprint density at radius 2 is 1.92 bits per heavy atom. The van der Waals surface area contributed by atoms with Gasteiger partial charge in [-0.05, 0) is 56.4 Å². The first-order chi connectivity index (χ1) is 12.5. The zero-order valence-electron chi connectivity index (χ0n) is 14.6. The maximum atomic E-state index is 12.4. The van der Waals surface area contributed by atoms with Crippen molar-refractivity contribution < 1.29 is 9.72 Å². The SMILES string of the molecule is C[C@H](NC(=O)Nc1ccc([N+](=O)[O-])cc1)[C@@H](c1cccs1)N1CCCC1. The van der Waals surface area contributed by atoms with E-state index in [0.29, 0.717) is 5.69 Å². The third-order valence-electron chi connectivity index (χ3n) is 4.54. The summed E-state index contributed by atoms with van der Waals surface area (Å²) in [6, 6.07) is 9.72. The van der Waals surface area contributed by atoms with E-state index in [1.807, 2.05) is 13.0 Å². The normalized spacial score (nSPS) is 16.8. The lowest BCUT2D eigenvalue weighted by Crippen LogP contribution is -2.45. The molecule has 3 rings (SSSR count). The highest BCUT2D eigenvalue weighted by Crippen LogP contribution is 2.31. The number of nitrogens with one attached hydrogen (secondary N) is 2. The van der Waals surface area contributed by atoms with Gasteiger partial charge >= 0.3 is 6.03 Å². The molecular weight excluding hydrogens is 352 g/mol. The fourth-order valence-corrected chi connectivity index (χ4v) is 4.31. The average Bonchev–Trinajstić information content (AvgIpc) is 3.30. The van der Waals surface area contributed by atoms with Crippen LogP contribution in [0.15, 0.2) is 41.8 Å². The van der Waals surface area contributed by atoms with Crippen LogP contribution in [0.5, 0.6) is 0 Å². The number of nitro benzene ring substituents is 1. The number of thiophene rings is 1. The van der Waals surface area contributed by atoms with Crippen LogP contribution in [0.3, 0.4) is 0 Å². The molecule has 0 radical (unpaired) electrons. The topological polar surface area (TPSA) is 87.5 Å². The van der Waals surface area contributed by atoms with Gasteiger partial charge in [0.25, 0.3) is 5.69 Å². The fraction of sp³-hybridized carbons (Fsp3) is 0.389. The molecule has 1 aromatic heterocycles. The Morgan fingerprint density at radius 3 is 2.50 bits per heavy atom. The van der Waals surface area contributed by atoms with Crippen molar-refractivity contribution in [2.75, 3.05) is 18.4 Å². The molecule has 2 amide bonds. The zero-order chi connectivity index (χ0) is 18.5. The lowest BCUT2D eigenvalue weighted by atomic mass is 10.1. The van der Waals surface area contributed by atoms with Gasteiger partial charge in [-0.2, -0.15) is 0 Å². The Hall–Kier alpha value is -2.45. The summed E-state index contributed by atoms with van der Waals surface area (Å²) < 4.78 is 0. The number of carbonyl (C=O) groups is 1. The molecule has 26 heavy (non-hydrogen) atoms. The van der Waals surface area contributed by atoms with Crippen LogP contribution in [0.4, 0.5) is 16.2 Å². The number of anilines is 1. The Balaban J connectivity index is 1.63. The Kier molecular flexibility index (Phi) is 5.85. The van der Waals surface area contributed by atoms with Crippen molar-refractivity contribution in [3.8, 4) is 0 Å². The minimum atomic E-state index is -0.465. The number of carbonyl (C=O) groups excluding carboxylic acids is 1. The molecule has 0 saturated carbocycles. The number of hydrogen-bond donors (Lipinski definition) is 2. The van der Waals surface area contributed by atoms with Gasteiger partial charge in [-0.15, -0.1) is 11.3 Å². The van der Waals surface area contributed by atoms with E-state index < -0.39 is 4.92 Å². The summed E-state index contributed by atoms with van der Waals surface area (Å²) in [7, 11) is 0. The molecule has 0 aliphatic carbocycles. The monoisotopic (exact) mass is 374 g/mol. The van der Waals surface area contributed by atoms with Gasteiger partial charge in [-0.3, -0.25) is 15.0 Å². The summed E-state index contributed by atoms with van der Waals surface area (Å²) in [5.41, 5.74) is 0.519. The minimum absolute atomic E-state index is 0.00359. The van der Waals surface area contributed by atoms with Crippen LogP contribution in [0, 0.1) is 10.1 Å². The molecule has 0 spiro atoms. The van der Waals surface area contributed by atoms with Crippen LogP contribution in [-0.4, -0.2) is 35.0 Å². The standard InChI is InChI=1S/C18H22N4O3S/c1-13(17(16-5-4-12-26-16)21-10-2-3-11-21)19-18(23)20-14-6-8-15(9-7-14)22(24)25/h4-9,12-13,17H,2-3,10-11H2,1H3,(H2,19,20,23)/t13-,17-/m0/s1. The molecule has 0 bridgehead atoms. The molecule has 1 aliphatic heterocycles. The van der Waals surface area contributed by atoms with Crippen LogP contribution in [0.2, 0.25) is 0 Å². The maximum Gasteiger partial charge on any atom is 0.319 e. The lowest BCUT2D eigenvalue weighted by Gasteiger charge is -2.32. The zero-order valence-corrected chi connectivity index (χ0v) is 15.4. The minimum Gasteiger partial charge on any atom is -0.333 e. The number of nitrogens with zero attached hydrogens (tertiary/aromatic N) is 2. The second-order valence-electron chi connectivity index (χ2n) is 6.39. The quantitative estimate of drug-likeness (QED) is 0.591. The fourth-order valence-electron chi connectivity index (χ4n) is 3.34. The van der Waals surface area contributed by atoms with Gasteiger partial charge < -0.3 is 10.6 Å². The molecular formula is C18H22N4O3S. The Morgan fingerprint density at radius 1 is 1.23 bits per heavy atom. The van der Waals surface area contributed by atoms with E-state index >= 15 is 0 Å². The van der Waals surface area contributed by atoms with Gasteiger partial charge in [0, 0.05) is 28.7 Å². The van der Waals surface area contributed by atoms with Crippen LogP contribution >= 0.6 is 11.3 Å². The molecule has 7 nitrogen and oxygen atoms in total. The van der Waals surface area contributed by atoms with E-state index in [9.17, 15) is 14.9 Å². The summed E-state index contributed by atoms with van der Waals surface area (Å²) in [6.07, 6.45) is 2.37. The van der Waals surface area contributed by atoms with Crippen molar-refractivity contribution in [1.29, 1.82) is 0 Å². The van der Waals surface area contributed by atoms with Gasteiger partial charge in [0.05, 0.1) is 11.0 Å². The number of rotatable bonds is 6. The lowest BCUT2D eigenvalue weighted by molar-refractivity contribution is -0.384. The molecule has 1 aromatic carbocycles. The molecule has 2 aromatic rings. The highest BCUT2D eigenvalue weighted by molar-refractivity contribution is 7.10. The smallest absolute Gasteiger partial charge is 0.319 e. The van der Waals surface area contributed by atoms with Gasteiger partial charge in [0.15, 0.2) is 0 Å². The number of amides is 2. The van der Waals surface area contributed by atoms with Crippen LogP contribution in [-0.2, 0) is 0 Å². The van der Waals surface area contributed by atoms with Crippen LogP contribution < -0.4 is 10.6 Å². The third kappa shape index (κ3) is 4.39. The molecule has 138 valence electrons. The summed E-state index contributed by atoms with van der Waals surface area (Å²) in [5.74, 6) is 0. The number of likely N-dealkylation sites (tertiary alicyclic amines) is 1. The molecule has 2 N–H and O–H groups in total. The van der Waals surface area contributed by atoms with Crippen molar-refractivity contribution in [1.82, 2.24) is 10.2 Å². The van der Waals surface area contributed by atoms with Crippen LogP contribution in [0.1, 0.15) is 30.7 Å². The highest BCUT2D eigenvalue weighted by Gasteiger charge is 2.30. The van der Waals surface area contributed by atoms with Gasteiger partial charge in [0.2, 0.25) is 0 Å². The third-order valence-corrected chi connectivity index (χ3v) is 5.48. The predicted octanol–water partition coefficient (Wildman–Crippen LogP) is 4.00. The van der Waals surface area contributed by atoms with Crippen molar-refractivity contribution in [2.45, 2.75) is 31.8 Å². The van der Waals surface area contributed by atoms with Crippen molar-refractivity contribution in [3.63, 3.8) is 0 Å². The van der Waals surface area contributed by atoms with E-state index in [0.717, 1.165) is 13.1 Å². The second kappa shape index (κ2) is 8.29. The van der Waals surface area contributed by atoms with Gasteiger partial charge in [-0.25, -0.2) is 4.79 Å². The van der Waals surface area contributed by atoms with Gasteiger partial charge in [-0.1, -0.05) is 6.07 Å². The number of non-ortho nitro benzene ring substituents is 1. The van der Waals surface area contributed by atoms with E-state index in [-0.39, 0.29) is 23.8 Å². The predicted molar refractivity (Wildman–Crippen MR) is 103 cm³/mol. The number of urea groups is 1. The van der Waals surface area contributed by atoms with E-state index in [4.69, 9.17) is 0 Å². The second-order valence-corrected chi connectivity index (χ2v) is 7.37. The van der Waals surface area contributed by atoms with Crippen LogP contribution in [0.25, 0.3) is 0 Å². The van der Waals surface area contributed by atoms with Crippen molar-refractivity contribution in [3.05, 3.63) is 56.8 Å². The average molecular weight is 374 g/mol. The summed E-state index contributed by atoms with van der Waals surface area (Å²) in [4.78, 5) is 26.3. The molecule has 2 heterocycles. The Bertz CT molecular complexity index is 742.